The number of amides is 4. The number of hydrogen-bond acceptors (Lipinski definition) is 16. The minimum absolute atomic E-state index is 0.0136. The molecule has 4 aromatic rings. The first-order valence-electron chi connectivity index (χ1n) is 24.8. The van der Waals surface area contributed by atoms with Crippen LogP contribution in [-0.4, -0.2) is 132 Å². The third kappa shape index (κ3) is 20.1. The quantitative estimate of drug-likeness (QED) is 0.0315. The van der Waals surface area contributed by atoms with Crippen molar-refractivity contribution < 1.29 is 72.3 Å². The van der Waals surface area contributed by atoms with E-state index in [-0.39, 0.29) is 44.4 Å². The molecule has 6 rings (SSSR count). The molecule has 2 aliphatic carbocycles. The molecule has 21 heteroatoms. The molecule has 0 aromatic heterocycles. The van der Waals surface area contributed by atoms with E-state index in [2.05, 4.69) is 31.9 Å². The zero-order chi connectivity index (χ0) is 57.5. The monoisotopic (exact) mass is 1070 g/mol. The topological polar surface area (TPSA) is 295 Å². The maximum atomic E-state index is 12.8. The lowest BCUT2D eigenvalue weighted by Crippen LogP contribution is -2.51. The highest BCUT2D eigenvalue weighted by molar-refractivity contribution is 6.24. The van der Waals surface area contributed by atoms with Gasteiger partial charge in [-0.05, 0) is 129 Å². The second kappa shape index (κ2) is 26.5. The molecule has 0 saturated carbocycles. The molecule has 416 valence electrons. The van der Waals surface area contributed by atoms with Gasteiger partial charge in [0.2, 0.25) is 0 Å². The summed E-state index contributed by atoms with van der Waals surface area (Å²) in [6, 6.07) is 16.9. The van der Waals surface area contributed by atoms with Crippen molar-refractivity contribution >= 4 is 92.9 Å². The van der Waals surface area contributed by atoms with Crippen molar-refractivity contribution in [1.82, 2.24) is 21.3 Å². The number of carbonyl (C=O) groups excluding carboxylic acids is 7. The van der Waals surface area contributed by atoms with Crippen LogP contribution in [-0.2, 0) is 33.3 Å². The van der Waals surface area contributed by atoms with Gasteiger partial charge in [-0.1, -0.05) is 60.7 Å². The highest BCUT2D eigenvalue weighted by Crippen LogP contribution is 2.35. The van der Waals surface area contributed by atoms with E-state index in [1.54, 1.807) is 95.2 Å². The molecule has 0 heterocycles. The molecule has 0 radical (unpaired) electrons. The highest BCUT2D eigenvalue weighted by Gasteiger charge is 2.29. The summed E-state index contributed by atoms with van der Waals surface area (Å²) in [5.41, 5.74) is 1.77. The number of carboxylic acids is 1. The number of hydrogen-bond donors (Lipinski definition) is 8. The zero-order valence-corrected chi connectivity index (χ0v) is 45.7. The Hall–Kier alpha value is -8.20. The molecule has 21 nitrogen and oxygen atoms in total. The first-order chi connectivity index (χ1) is 35.8. The lowest BCUT2D eigenvalue weighted by atomic mass is 9.91. The van der Waals surface area contributed by atoms with Gasteiger partial charge in [0, 0.05) is 35.2 Å². The summed E-state index contributed by atoms with van der Waals surface area (Å²) in [5.74, 6) is -2.16. The van der Waals surface area contributed by atoms with Crippen LogP contribution in [0, 0.1) is 0 Å². The van der Waals surface area contributed by atoms with Crippen LogP contribution >= 0.6 is 0 Å². The number of aliphatic hydroxyl groups excluding tert-OH is 1. The molecule has 0 fully saturated rings. The van der Waals surface area contributed by atoms with E-state index < -0.39 is 70.8 Å². The van der Waals surface area contributed by atoms with Gasteiger partial charge in [-0.25, -0.2) is 28.8 Å². The number of benzene rings is 4. The van der Waals surface area contributed by atoms with Crippen LogP contribution in [0.15, 0.2) is 72.8 Å². The molecule has 2 aliphatic rings. The van der Waals surface area contributed by atoms with E-state index in [1.807, 2.05) is 66.7 Å². The number of aliphatic carboxylic acids is 1. The van der Waals surface area contributed by atoms with Crippen molar-refractivity contribution in [3.05, 3.63) is 95.1 Å². The minimum atomic E-state index is -1.31. The number of aliphatic hydroxyl groups is 1. The molecule has 2 unspecified atom stereocenters. The molecular formula is C56H72N6O15. The summed E-state index contributed by atoms with van der Waals surface area (Å²) in [7, 11) is 0. The second-order valence-electron chi connectivity index (χ2n) is 21.5. The maximum Gasteiger partial charge on any atom is 0.408 e. The van der Waals surface area contributed by atoms with Gasteiger partial charge < -0.3 is 65.8 Å². The summed E-state index contributed by atoms with van der Waals surface area (Å²) in [6.07, 6.45) is 3.57. The molecule has 77 heavy (non-hydrogen) atoms. The van der Waals surface area contributed by atoms with Crippen LogP contribution in [0.5, 0.6) is 0 Å². The van der Waals surface area contributed by atoms with Gasteiger partial charge in [-0.15, -0.1) is 0 Å². The average Bonchev–Trinajstić information content (AvgIpc) is 3.30. The first kappa shape index (κ1) is 61.3. The molecule has 0 bridgehead atoms. The van der Waals surface area contributed by atoms with Crippen molar-refractivity contribution in [2.45, 2.75) is 118 Å². The van der Waals surface area contributed by atoms with Crippen LogP contribution in [0.1, 0.15) is 115 Å². The largest absolute Gasteiger partial charge is 0.480 e. The fourth-order valence-electron chi connectivity index (χ4n) is 7.32. The lowest BCUT2D eigenvalue weighted by molar-refractivity contribution is -0.145. The van der Waals surface area contributed by atoms with Crippen molar-refractivity contribution in [2.24, 2.45) is 0 Å². The second-order valence-corrected chi connectivity index (χ2v) is 21.5. The first-order valence-corrected chi connectivity index (χ1v) is 24.8. The van der Waals surface area contributed by atoms with E-state index in [1.165, 1.54) is 6.08 Å². The Kier molecular flexibility index (Phi) is 21.1. The fraction of sp³-hybridized carbons (Fsp3) is 0.429. The molecular weight excluding hydrogens is 997 g/mol. The fourth-order valence-corrected chi connectivity index (χ4v) is 7.32. The number of ether oxygens (including phenoxy) is 5. The van der Waals surface area contributed by atoms with E-state index in [9.17, 15) is 38.4 Å². The Bertz CT molecular complexity index is 2890. The minimum Gasteiger partial charge on any atom is -0.480 e. The van der Waals surface area contributed by atoms with Gasteiger partial charge in [0.15, 0.2) is 11.6 Å². The van der Waals surface area contributed by atoms with E-state index in [4.69, 9.17) is 33.9 Å². The number of carboxylic acid groups (broad SMARTS) is 1. The van der Waals surface area contributed by atoms with E-state index in [0.717, 1.165) is 38.4 Å². The number of nitrogens with one attached hydrogen (secondary N) is 6. The lowest BCUT2D eigenvalue weighted by Gasteiger charge is -2.24. The SMILES string of the molecule is CC(C)(C)OC(=O)NCC(NC(=O)OC(C)(C)C)C(=O)O.CC(C)(C)OC(=O)NCC(NC(=O)OC(C)(C)C)C(=O)OCCNc1ccc2cccc3c2c1C(=O)C=C3.O=C1C=Cc2cccc3ccc(NCCO)c1c23. The van der Waals surface area contributed by atoms with Gasteiger partial charge in [-0.2, -0.15) is 0 Å². The molecule has 0 spiro atoms. The molecule has 8 N–H and O–H groups in total. The van der Waals surface area contributed by atoms with Crippen LogP contribution < -0.4 is 31.9 Å². The smallest absolute Gasteiger partial charge is 0.408 e. The van der Waals surface area contributed by atoms with Crippen molar-refractivity contribution in [3.8, 4) is 0 Å². The number of rotatable bonds is 15. The van der Waals surface area contributed by atoms with Gasteiger partial charge in [0.05, 0.1) is 30.8 Å². The summed E-state index contributed by atoms with van der Waals surface area (Å²) in [6.45, 7) is 20.3. The van der Waals surface area contributed by atoms with Crippen LogP contribution in [0.4, 0.5) is 30.6 Å². The summed E-state index contributed by atoms with van der Waals surface area (Å²) >= 11 is 0. The number of alkyl carbamates (subject to hydrolysis) is 4. The maximum absolute atomic E-state index is 12.8. The summed E-state index contributed by atoms with van der Waals surface area (Å²) < 4.78 is 25.7. The number of carbonyl (C=O) groups is 8. The van der Waals surface area contributed by atoms with Gasteiger partial charge in [0.25, 0.3) is 0 Å². The Balaban J connectivity index is 0.000000275. The Labute approximate surface area is 447 Å². The van der Waals surface area contributed by atoms with E-state index >= 15 is 0 Å². The van der Waals surface area contributed by atoms with Gasteiger partial charge >= 0.3 is 36.3 Å². The normalized spacial score (nSPS) is 13.3. The van der Waals surface area contributed by atoms with E-state index in [0.29, 0.717) is 23.4 Å². The predicted molar refractivity (Wildman–Crippen MR) is 292 cm³/mol. The van der Waals surface area contributed by atoms with Gasteiger partial charge in [0.1, 0.15) is 41.1 Å². The molecule has 4 amide bonds. The van der Waals surface area contributed by atoms with Crippen molar-refractivity contribution in [2.75, 3.05) is 50.0 Å². The number of allylic oxidation sites excluding steroid dienone is 2. The highest BCUT2D eigenvalue weighted by atomic mass is 16.6. The van der Waals surface area contributed by atoms with Crippen LogP contribution in [0.2, 0.25) is 0 Å². The average molecular weight is 1070 g/mol. The number of anilines is 2. The van der Waals surface area contributed by atoms with Crippen LogP contribution in [0.3, 0.4) is 0 Å². The standard InChI is InChI=1S/C28H35N3O7.C15H13NO2.C13H24N2O6/c1-27(2,3)37-25(34)30-16-20(31-26(35)38-28(4,5)6)24(33)36-15-14-29-19-12-10-17-8-7-9-18-11-13-21(32)23(19)22(17)18;17-9-8-16-12-6-4-10-2-1-3-11-5-7-13(18)15(12)14(10)11;1-12(2,3)20-10(18)14-7-8(9(16)17)15-11(19)21-13(4,5)6/h7-13,20,29H,14-16H2,1-6H3,(H,30,34)(H,31,35);1-7,16-17H,8-9H2;8H,7H2,1-6H3,(H,14,18)(H,15,19)(H,16,17). The Morgan fingerprint density at radius 3 is 1.30 bits per heavy atom. The predicted octanol–water partition coefficient (Wildman–Crippen LogP) is 8.36. The molecule has 0 aliphatic heterocycles. The molecule has 4 aromatic carbocycles. The number of esters is 1. The zero-order valence-electron chi connectivity index (χ0n) is 45.7. The van der Waals surface area contributed by atoms with Gasteiger partial charge in [-0.3, -0.25) is 9.59 Å². The van der Waals surface area contributed by atoms with Crippen LogP contribution in [0.25, 0.3) is 33.7 Å². The third-order valence-electron chi connectivity index (χ3n) is 10.2. The molecule has 0 saturated heterocycles. The molecule has 2 atom stereocenters. The summed E-state index contributed by atoms with van der Waals surface area (Å²) in [5, 5.41) is 37.3. The third-order valence-corrected chi connectivity index (χ3v) is 10.2. The Morgan fingerprint density at radius 1 is 0.506 bits per heavy atom. The Morgan fingerprint density at radius 2 is 0.896 bits per heavy atom. The number of ketones is 2. The van der Waals surface area contributed by atoms with Crippen molar-refractivity contribution in [3.63, 3.8) is 0 Å². The van der Waals surface area contributed by atoms with Crippen molar-refractivity contribution in [1.29, 1.82) is 0 Å². The summed E-state index contributed by atoms with van der Waals surface area (Å²) in [4.78, 5) is 95.8.